The van der Waals surface area contributed by atoms with Gasteiger partial charge >= 0.3 is 0 Å². The molecule has 13 heavy (non-hydrogen) atoms. The van der Waals surface area contributed by atoms with Crippen molar-refractivity contribution in [1.29, 1.82) is 0 Å². The second-order valence-corrected chi connectivity index (χ2v) is 3.60. The quantitative estimate of drug-likeness (QED) is 0.560. The standard InChI is InChI=1S/C10H10Cl2O/c1-7(6-11)8-2-4-9(5-3-8)10(12)13/h2-5,7H,6H2,1H3. The number of alkyl halides is 1. The predicted octanol–water partition coefficient (Wildman–Crippen LogP) is 3.41. The number of rotatable bonds is 3. The Morgan fingerprint density at radius 2 is 1.92 bits per heavy atom. The third-order valence-electron chi connectivity index (χ3n) is 1.94. The van der Waals surface area contributed by atoms with Gasteiger partial charge in [0.1, 0.15) is 0 Å². The third-order valence-corrected chi connectivity index (χ3v) is 2.62. The summed E-state index contributed by atoms with van der Waals surface area (Å²) in [5.41, 5.74) is 1.64. The van der Waals surface area contributed by atoms with Crippen LogP contribution in [0.2, 0.25) is 0 Å². The average molecular weight is 217 g/mol. The number of benzene rings is 1. The fraction of sp³-hybridized carbons (Fsp3) is 0.300. The normalized spacial score (nSPS) is 12.5. The molecule has 0 aromatic heterocycles. The molecule has 0 aliphatic carbocycles. The predicted molar refractivity (Wildman–Crippen MR) is 55.8 cm³/mol. The highest BCUT2D eigenvalue weighted by Gasteiger charge is 2.05. The van der Waals surface area contributed by atoms with Crippen molar-refractivity contribution in [3.8, 4) is 0 Å². The molecule has 0 amide bonds. The molecule has 1 aromatic carbocycles. The first-order chi connectivity index (χ1) is 6.15. The molecule has 70 valence electrons. The lowest BCUT2D eigenvalue weighted by Crippen LogP contribution is -1.95. The van der Waals surface area contributed by atoms with Crippen LogP contribution in [0.4, 0.5) is 0 Å². The highest BCUT2D eigenvalue weighted by molar-refractivity contribution is 6.67. The van der Waals surface area contributed by atoms with Crippen LogP contribution in [-0.4, -0.2) is 11.1 Å². The van der Waals surface area contributed by atoms with Crippen LogP contribution in [0, 0.1) is 0 Å². The van der Waals surface area contributed by atoms with Crippen LogP contribution in [-0.2, 0) is 0 Å². The third kappa shape index (κ3) is 2.71. The Hall–Kier alpha value is -0.530. The van der Waals surface area contributed by atoms with Crippen LogP contribution >= 0.6 is 23.2 Å². The molecule has 1 unspecified atom stereocenters. The fourth-order valence-corrected chi connectivity index (χ4v) is 1.34. The van der Waals surface area contributed by atoms with E-state index >= 15 is 0 Å². The summed E-state index contributed by atoms with van der Waals surface area (Å²) in [4.78, 5) is 10.7. The molecule has 0 bridgehead atoms. The maximum Gasteiger partial charge on any atom is 0.252 e. The first-order valence-corrected chi connectivity index (χ1v) is 4.92. The lowest BCUT2D eigenvalue weighted by atomic mass is 10.0. The molecule has 0 aliphatic heterocycles. The maximum absolute atomic E-state index is 10.7. The van der Waals surface area contributed by atoms with E-state index in [4.69, 9.17) is 23.2 Å². The summed E-state index contributed by atoms with van der Waals surface area (Å²) in [5, 5.41) is -0.426. The van der Waals surface area contributed by atoms with Crippen LogP contribution < -0.4 is 0 Å². The molecule has 0 aliphatic rings. The summed E-state index contributed by atoms with van der Waals surface area (Å²) < 4.78 is 0. The maximum atomic E-state index is 10.7. The van der Waals surface area contributed by atoms with Crippen molar-refractivity contribution in [3.05, 3.63) is 35.4 Å². The summed E-state index contributed by atoms with van der Waals surface area (Å²) in [6.45, 7) is 2.03. The lowest BCUT2D eigenvalue weighted by Gasteiger charge is -2.07. The molecule has 1 aromatic rings. The van der Waals surface area contributed by atoms with Gasteiger partial charge in [-0.2, -0.15) is 0 Å². The molecule has 1 rings (SSSR count). The molecule has 0 N–H and O–H groups in total. The Bertz CT molecular complexity index is 292. The number of carbonyl (C=O) groups excluding carboxylic acids is 1. The van der Waals surface area contributed by atoms with E-state index in [9.17, 15) is 4.79 Å². The van der Waals surface area contributed by atoms with Crippen molar-refractivity contribution in [1.82, 2.24) is 0 Å². The molecule has 1 atom stereocenters. The molecule has 0 heterocycles. The first-order valence-electron chi connectivity index (χ1n) is 4.01. The number of hydrogen-bond donors (Lipinski definition) is 0. The minimum absolute atomic E-state index is 0.307. The van der Waals surface area contributed by atoms with Gasteiger partial charge < -0.3 is 0 Å². The fourth-order valence-electron chi connectivity index (χ4n) is 1.03. The minimum atomic E-state index is -0.426. The molecule has 0 spiro atoms. The van der Waals surface area contributed by atoms with Gasteiger partial charge in [0.2, 0.25) is 0 Å². The van der Waals surface area contributed by atoms with Gasteiger partial charge in [0.15, 0.2) is 0 Å². The highest BCUT2D eigenvalue weighted by atomic mass is 35.5. The van der Waals surface area contributed by atoms with Crippen molar-refractivity contribution < 1.29 is 4.79 Å². The number of hydrogen-bond acceptors (Lipinski definition) is 1. The zero-order chi connectivity index (χ0) is 9.84. The molecular formula is C10H10Cl2O. The molecule has 0 fully saturated rings. The molecule has 1 nitrogen and oxygen atoms in total. The van der Waals surface area contributed by atoms with E-state index in [-0.39, 0.29) is 0 Å². The SMILES string of the molecule is CC(CCl)c1ccc(C(=O)Cl)cc1. The van der Waals surface area contributed by atoms with Gasteiger partial charge in [0.05, 0.1) is 0 Å². The summed E-state index contributed by atoms with van der Waals surface area (Å²) in [6.07, 6.45) is 0. The monoisotopic (exact) mass is 216 g/mol. The van der Waals surface area contributed by atoms with E-state index in [1.54, 1.807) is 12.1 Å². The molecule has 3 heteroatoms. The largest absolute Gasteiger partial charge is 0.276 e. The Labute approximate surface area is 87.7 Å². The Kier molecular flexibility index (Phi) is 3.76. The van der Waals surface area contributed by atoms with Crippen molar-refractivity contribution >= 4 is 28.4 Å². The van der Waals surface area contributed by atoms with Crippen LogP contribution in [0.15, 0.2) is 24.3 Å². The Morgan fingerprint density at radius 3 is 2.31 bits per heavy atom. The molecule has 0 saturated heterocycles. The van der Waals surface area contributed by atoms with Gasteiger partial charge in [-0.05, 0) is 35.2 Å². The van der Waals surface area contributed by atoms with Crippen molar-refractivity contribution in [3.63, 3.8) is 0 Å². The Balaban J connectivity index is 2.87. The van der Waals surface area contributed by atoms with Gasteiger partial charge in [-0.1, -0.05) is 19.1 Å². The zero-order valence-electron chi connectivity index (χ0n) is 7.26. The van der Waals surface area contributed by atoms with Crippen LogP contribution in [0.1, 0.15) is 28.8 Å². The van der Waals surface area contributed by atoms with E-state index in [1.165, 1.54) is 0 Å². The number of halogens is 2. The summed E-state index contributed by atoms with van der Waals surface area (Å²) in [5.74, 6) is 0.884. The average Bonchev–Trinajstić information content (AvgIpc) is 2.17. The van der Waals surface area contributed by atoms with Crippen molar-refractivity contribution in [2.24, 2.45) is 0 Å². The van der Waals surface area contributed by atoms with Crippen molar-refractivity contribution in [2.75, 3.05) is 5.88 Å². The van der Waals surface area contributed by atoms with Gasteiger partial charge in [-0.25, -0.2) is 0 Å². The minimum Gasteiger partial charge on any atom is -0.276 e. The Morgan fingerprint density at radius 1 is 1.38 bits per heavy atom. The zero-order valence-corrected chi connectivity index (χ0v) is 8.77. The van der Waals surface area contributed by atoms with Gasteiger partial charge in [0.25, 0.3) is 5.24 Å². The van der Waals surface area contributed by atoms with Gasteiger partial charge in [0, 0.05) is 11.4 Å². The first kappa shape index (κ1) is 10.6. The number of carbonyl (C=O) groups is 1. The second kappa shape index (κ2) is 4.64. The van der Waals surface area contributed by atoms with Gasteiger partial charge in [-0.3, -0.25) is 4.79 Å². The topological polar surface area (TPSA) is 17.1 Å². The highest BCUT2D eigenvalue weighted by Crippen LogP contribution is 2.17. The van der Waals surface area contributed by atoms with E-state index in [1.807, 2.05) is 19.1 Å². The second-order valence-electron chi connectivity index (χ2n) is 2.95. The van der Waals surface area contributed by atoms with Crippen LogP contribution in [0.5, 0.6) is 0 Å². The van der Waals surface area contributed by atoms with Crippen molar-refractivity contribution in [2.45, 2.75) is 12.8 Å². The van der Waals surface area contributed by atoms with E-state index in [0.717, 1.165) is 5.56 Å². The lowest BCUT2D eigenvalue weighted by molar-refractivity contribution is 0.108. The summed E-state index contributed by atoms with van der Waals surface area (Å²) >= 11 is 11.0. The smallest absolute Gasteiger partial charge is 0.252 e. The van der Waals surface area contributed by atoms with E-state index in [2.05, 4.69) is 0 Å². The molecular weight excluding hydrogens is 207 g/mol. The molecule has 0 radical (unpaired) electrons. The van der Waals surface area contributed by atoms with E-state index < -0.39 is 5.24 Å². The van der Waals surface area contributed by atoms with Crippen LogP contribution in [0.3, 0.4) is 0 Å². The van der Waals surface area contributed by atoms with Crippen LogP contribution in [0.25, 0.3) is 0 Å². The molecule has 0 saturated carbocycles. The van der Waals surface area contributed by atoms with Gasteiger partial charge in [-0.15, -0.1) is 11.6 Å². The summed E-state index contributed by atoms with van der Waals surface area (Å²) in [6, 6.07) is 7.19. The summed E-state index contributed by atoms with van der Waals surface area (Å²) in [7, 11) is 0. The van der Waals surface area contributed by atoms with E-state index in [0.29, 0.717) is 17.4 Å².